The molecule has 0 unspecified atom stereocenters. The lowest BCUT2D eigenvalue weighted by atomic mass is 10.0. The number of hydrogen-bond donors (Lipinski definition) is 0. The molecule has 1 fully saturated rings. The van der Waals surface area contributed by atoms with Crippen LogP contribution in [0.15, 0.2) is 11.1 Å². The summed E-state index contributed by atoms with van der Waals surface area (Å²) in [6.45, 7) is 9.93. The van der Waals surface area contributed by atoms with Gasteiger partial charge in [-0.2, -0.15) is 5.26 Å². The molecule has 0 spiro atoms. The van der Waals surface area contributed by atoms with Crippen LogP contribution >= 0.6 is 0 Å². The Bertz CT molecular complexity index is 309. The summed E-state index contributed by atoms with van der Waals surface area (Å²) in [5.74, 6) is -0.0362. The van der Waals surface area contributed by atoms with Crippen LogP contribution in [0.5, 0.6) is 0 Å². The highest BCUT2D eigenvalue weighted by Crippen LogP contribution is 2.19. The van der Waals surface area contributed by atoms with E-state index in [0.717, 1.165) is 25.9 Å². The van der Waals surface area contributed by atoms with Gasteiger partial charge in [-0.05, 0) is 26.7 Å². The van der Waals surface area contributed by atoms with Gasteiger partial charge in [-0.15, -0.1) is 0 Å². The molecule has 3 nitrogen and oxygen atoms in total. The number of nitriles is 1. The van der Waals surface area contributed by atoms with E-state index >= 15 is 0 Å². The fourth-order valence-electron chi connectivity index (χ4n) is 1.67. The summed E-state index contributed by atoms with van der Waals surface area (Å²) < 4.78 is 0. The molecule has 0 aromatic rings. The minimum atomic E-state index is -0.0362. The van der Waals surface area contributed by atoms with Crippen molar-refractivity contribution in [2.24, 2.45) is 0 Å². The zero-order chi connectivity index (χ0) is 13.3. The van der Waals surface area contributed by atoms with Crippen LogP contribution in [0, 0.1) is 11.3 Å². The maximum absolute atomic E-state index is 11.4. The number of carbonyl (C=O) groups is 1. The van der Waals surface area contributed by atoms with Crippen LogP contribution in [-0.2, 0) is 4.79 Å². The fourth-order valence-corrected chi connectivity index (χ4v) is 1.67. The molecule has 0 atom stereocenters. The van der Waals surface area contributed by atoms with Crippen LogP contribution in [0.4, 0.5) is 0 Å². The van der Waals surface area contributed by atoms with Crippen molar-refractivity contribution in [3.05, 3.63) is 11.1 Å². The summed E-state index contributed by atoms with van der Waals surface area (Å²) in [4.78, 5) is 13.2. The smallest absolute Gasteiger partial charge is 0.237 e. The summed E-state index contributed by atoms with van der Waals surface area (Å²) >= 11 is 0. The number of nitrogens with zero attached hydrogens (tertiary/aromatic N) is 2. The number of likely N-dealkylation sites (tertiary alicyclic amines) is 1. The topological polar surface area (TPSA) is 44.1 Å². The molecule has 1 aliphatic heterocycles. The van der Waals surface area contributed by atoms with E-state index in [-0.39, 0.29) is 12.3 Å². The van der Waals surface area contributed by atoms with Gasteiger partial charge in [-0.3, -0.25) is 4.79 Å². The van der Waals surface area contributed by atoms with Crippen molar-refractivity contribution < 1.29 is 4.79 Å². The zero-order valence-electron chi connectivity index (χ0n) is 11.5. The van der Waals surface area contributed by atoms with E-state index in [1.807, 2.05) is 6.07 Å². The highest BCUT2D eigenvalue weighted by atomic mass is 16.2. The first-order chi connectivity index (χ1) is 8.06. The molecule has 0 aromatic carbocycles. The SMILES string of the molecule is CC(C)=C1CCCN(C(=O)CC#N)C1.CCC. The van der Waals surface area contributed by atoms with Crippen LogP contribution in [0.25, 0.3) is 0 Å². The van der Waals surface area contributed by atoms with Gasteiger partial charge in [-0.1, -0.05) is 31.4 Å². The molecule has 1 amide bonds. The minimum Gasteiger partial charge on any atom is -0.338 e. The number of allylic oxidation sites excluding steroid dienone is 1. The first kappa shape index (κ1) is 15.7. The molecule has 1 rings (SSSR count). The van der Waals surface area contributed by atoms with Gasteiger partial charge in [0.1, 0.15) is 6.42 Å². The van der Waals surface area contributed by atoms with Crippen LogP contribution in [0.2, 0.25) is 0 Å². The van der Waals surface area contributed by atoms with Crippen molar-refractivity contribution in [2.75, 3.05) is 13.1 Å². The molecule has 17 heavy (non-hydrogen) atoms. The van der Waals surface area contributed by atoms with E-state index in [0.29, 0.717) is 0 Å². The Morgan fingerprint density at radius 2 is 2.00 bits per heavy atom. The van der Waals surface area contributed by atoms with Crippen molar-refractivity contribution in [3.63, 3.8) is 0 Å². The largest absolute Gasteiger partial charge is 0.338 e. The summed E-state index contributed by atoms with van der Waals surface area (Å²) in [5, 5.41) is 8.43. The van der Waals surface area contributed by atoms with E-state index in [1.165, 1.54) is 17.6 Å². The molecule has 0 aliphatic carbocycles. The second-order valence-electron chi connectivity index (χ2n) is 4.56. The Morgan fingerprint density at radius 1 is 1.41 bits per heavy atom. The average Bonchev–Trinajstić information content (AvgIpc) is 2.30. The lowest BCUT2D eigenvalue weighted by Gasteiger charge is -2.29. The number of piperidine rings is 1. The highest BCUT2D eigenvalue weighted by molar-refractivity contribution is 5.78. The van der Waals surface area contributed by atoms with Crippen molar-refractivity contribution in [3.8, 4) is 6.07 Å². The van der Waals surface area contributed by atoms with E-state index in [1.54, 1.807) is 4.90 Å². The first-order valence-electron chi connectivity index (χ1n) is 6.36. The highest BCUT2D eigenvalue weighted by Gasteiger charge is 2.19. The Balaban J connectivity index is 0.000000770. The molecule has 1 aliphatic rings. The van der Waals surface area contributed by atoms with Gasteiger partial charge in [0.15, 0.2) is 0 Å². The lowest BCUT2D eigenvalue weighted by Crippen LogP contribution is -2.36. The third-order valence-electron chi connectivity index (χ3n) is 2.58. The molecule has 0 saturated carbocycles. The number of hydrogen-bond acceptors (Lipinski definition) is 2. The third kappa shape index (κ3) is 6.11. The van der Waals surface area contributed by atoms with Gasteiger partial charge < -0.3 is 4.90 Å². The predicted molar refractivity (Wildman–Crippen MR) is 70.4 cm³/mol. The fraction of sp³-hybridized carbons (Fsp3) is 0.714. The van der Waals surface area contributed by atoms with Crippen LogP contribution < -0.4 is 0 Å². The minimum absolute atomic E-state index is 0.00996. The molecule has 0 radical (unpaired) electrons. The molecular formula is C14H24N2O. The molecule has 0 bridgehead atoms. The quantitative estimate of drug-likeness (QED) is 0.656. The molecule has 3 heteroatoms. The molecule has 1 heterocycles. The number of rotatable bonds is 1. The summed E-state index contributed by atoms with van der Waals surface area (Å²) in [6.07, 6.45) is 3.38. The summed E-state index contributed by atoms with van der Waals surface area (Å²) in [5.41, 5.74) is 2.65. The van der Waals surface area contributed by atoms with Gasteiger partial charge in [0, 0.05) is 13.1 Å². The third-order valence-corrected chi connectivity index (χ3v) is 2.58. The van der Waals surface area contributed by atoms with Crippen LogP contribution in [0.3, 0.4) is 0 Å². The average molecular weight is 236 g/mol. The van der Waals surface area contributed by atoms with Gasteiger partial charge >= 0.3 is 0 Å². The zero-order valence-corrected chi connectivity index (χ0v) is 11.5. The monoisotopic (exact) mass is 236 g/mol. The van der Waals surface area contributed by atoms with Gasteiger partial charge in [-0.25, -0.2) is 0 Å². The standard InChI is InChI=1S/C11H16N2O.C3H8/c1-9(2)10-4-3-7-13(8-10)11(14)5-6-12;1-3-2/h3-5,7-8H2,1-2H3;3H2,1-2H3. The maximum atomic E-state index is 11.4. The van der Waals surface area contributed by atoms with Crippen molar-refractivity contribution in [1.29, 1.82) is 5.26 Å². The Kier molecular flexibility index (Phi) is 8.13. The predicted octanol–water partition coefficient (Wildman–Crippen LogP) is 3.28. The summed E-state index contributed by atoms with van der Waals surface area (Å²) in [6, 6.07) is 1.90. The Labute approximate surface area is 105 Å². The van der Waals surface area contributed by atoms with Crippen LogP contribution in [-0.4, -0.2) is 23.9 Å². The molecule has 1 saturated heterocycles. The number of amides is 1. The van der Waals surface area contributed by atoms with E-state index in [2.05, 4.69) is 27.7 Å². The first-order valence-corrected chi connectivity index (χ1v) is 6.36. The van der Waals surface area contributed by atoms with Gasteiger partial charge in [0.25, 0.3) is 0 Å². The second kappa shape index (κ2) is 8.81. The van der Waals surface area contributed by atoms with E-state index < -0.39 is 0 Å². The summed E-state index contributed by atoms with van der Waals surface area (Å²) in [7, 11) is 0. The van der Waals surface area contributed by atoms with Gasteiger partial charge in [0.2, 0.25) is 5.91 Å². The molecule has 96 valence electrons. The normalized spacial score (nSPS) is 14.5. The molecule has 0 N–H and O–H groups in total. The Hall–Kier alpha value is -1.30. The van der Waals surface area contributed by atoms with E-state index in [4.69, 9.17) is 5.26 Å². The molecular weight excluding hydrogens is 212 g/mol. The second-order valence-corrected chi connectivity index (χ2v) is 4.56. The van der Waals surface area contributed by atoms with Crippen molar-refractivity contribution >= 4 is 5.91 Å². The number of carbonyl (C=O) groups excluding carboxylic acids is 1. The Morgan fingerprint density at radius 3 is 2.47 bits per heavy atom. The lowest BCUT2D eigenvalue weighted by molar-refractivity contribution is -0.130. The van der Waals surface area contributed by atoms with Crippen molar-refractivity contribution in [2.45, 2.75) is 53.4 Å². The van der Waals surface area contributed by atoms with Crippen LogP contribution in [0.1, 0.15) is 53.4 Å². The van der Waals surface area contributed by atoms with E-state index in [9.17, 15) is 4.79 Å². The van der Waals surface area contributed by atoms with Crippen molar-refractivity contribution in [1.82, 2.24) is 4.90 Å². The molecule has 0 aromatic heterocycles. The van der Waals surface area contributed by atoms with Gasteiger partial charge in [0.05, 0.1) is 6.07 Å². The maximum Gasteiger partial charge on any atom is 0.237 e.